The van der Waals surface area contributed by atoms with Gasteiger partial charge < -0.3 is 19.3 Å². The molecule has 6 heteroatoms. The van der Waals surface area contributed by atoms with Crippen LogP contribution in [0.1, 0.15) is 15.9 Å². The third-order valence-electron chi connectivity index (χ3n) is 4.73. The highest BCUT2D eigenvalue weighted by molar-refractivity contribution is 6.30. The van der Waals surface area contributed by atoms with Gasteiger partial charge in [-0.1, -0.05) is 23.7 Å². The van der Waals surface area contributed by atoms with E-state index in [-0.39, 0.29) is 5.91 Å². The van der Waals surface area contributed by atoms with Crippen molar-refractivity contribution in [2.75, 3.05) is 40.4 Å². The van der Waals surface area contributed by atoms with Crippen molar-refractivity contribution in [3.05, 3.63) is 58.6 Å². The quantitative estimate of drug-likeness (QED) is 0.868. The predicted molar refractivity (Wildman–Crippen MR) is 101 cm³/mol. The lowest BCUT2D eigenvalue weighted by molar-refractivity contribution is -0.917. The molecule has 0 atom stereocenters. The van der Waals surface area contributed by atoms with Crippen LogP contribution in [-0.4, -0.2) is 51.2 Å². The minimum atomic E-state index is 0.0350. The Bertz CT molecular complexity index is 773. The summed E-state index contributed by atoms with van der Waals surface area (Å²) in [5.74, 6) is 1.23. The number of benzene rings is 2. The van der Waals surface area contributed by atoms with Crippen LogP contribution in [0.2, 0.25) is 5.02 Å². The van der Waals surface area contributed by atoms with Gasteiger partial charge in [0.05, 0.1) is 40.4 Å². The van der Waals surface area contributed by atoms with E-state index < -0.39 is 0 Å². The van der Waals surface area contributed by atoms with Crippen LogP contribution >= 0.6 is 11.6 Å². The second-order valence-corrected chi connectivity index (χ2v) is 6.86. The summed E-state index contributed by atoms with van der Waals surface area (Å²) >= 11 is 6.06. The van der Waals surface area contributed by atoms with Gasteiger partial charge in [-0.25, -0.2) is 0 Å². The van der Waals surface area contributed by atoms with Crippen LogP contribution in [0, 0.1) is 0 Å². The van der Waals surface area contributed by atoms with Crippen molar-refractivity contribution in [2.45, 2.75) is 6.54 Å². The molecule has 138 valence electrons. The van der Waals surface area contributed by atoms with Crippen LogP contribution in [0.15, 0.2) is 42.5 Å². The number of halogens is 1. The lowest BCUT2D eigenvalue weighted by atomic mass is 10.1. The first-order chi connectivity index (χ1) is 12.6. The molecule has 0 aromatic heterocycles. The minimum absolute atomic E-state index is 0.0350. The molecular weight excluding hydrogens is 352 g/mol. The molecule has 2 aromatic carbocycles. The van der Waals surface area contributed by atoms with Gasteiger partial charge in [0.15, 0.2) is 11.5 Å². The number of hydrogen-bond donors (Lipinski definition) is 1. The fourth-order valence-corrected chi connectivity index (χ4v) is 3.50. The molecule has 1 saturated heterocycles. The molecule has 1 amide bonds. The van der Waals surface area contributed by atoms with E-state index in [1.165, 1.54) is 10.5 Å². The first kappa shape index (κ1) is 18.5. The van der Waals surface area contributed by atoms with Crippen molar-refractivity contribution in [3.63, 3.8) is 0 Å². The molecule has 2 aromatic rings. The largest absolute Gasteiger partial charge is 0.493 e. The molecule has 1 fully saturated rings. The molecule has 0 spiro atoms. The van der Waals surface area contributed by atoms with E-state index in [2.05, 4.69) is 6.07 Å². The molecule has 1 aliphatic rings. The number of hydrogen-bond acceptors (Lipinski definition) is 3. The number of carbonyl (C=O) groups excluding carboxylic acids is 1. The smallest absolute Gasteiger partial charge is 0.254 e. The van der Waals surface area contributed by atoms with E-state index in [1.807, 2.05) is 23.1 Å². The highest BCUT2D eigenvalue weighted by Crippen LogP contribution is 2.28. The van der Waals surface area contributed by atoms with Gasteiger partial charge in [0.2, 0.25) is 0 Å². The van der Waals surface area contributed by atoms with E-state index in [1.54, 1.807) is 32.4 Å². The minimum Gasteiger partial charge on any atom is -0.493 e. The maximum absolute atomic E-state index is 12.8. The molecule has 0 bridgehead atoms. The third-order valence-corrected chi connectivity index (χ3v) is 4.97. The van der Waals surface area contributed by atoms with Crippen LogP contribution in [0.3, 0.4) is 0 Å². The van der Waals surface area contributed by atoms with Crippen LogP contribution in [0.25, 0.3) is 0 Å². The number of rotatable bonds is 5. The molecule has 0 saturated carbocycles. The van der Waals surface area contributed by atoms with E-state index in [0.717, 1.165) is 37.7 Å². The second-order valence-electron chi connectivity index (χ2n) is 6.42. The number of amides is 1. The van der Waals surface area contributed by atoms with Crippen molar-refractivity contribution >= 4 is 17.5 Å². The molecule has 0 radical (unpaired) electrons. The van der Waals surface area contributed by atoms with E-state index in [4.69, 9.17) is 21.1 Å². The highest BCUT2D eigenvalue weighted by atomic mass is 35.5. The summed E-state index contributed by atoms with van der Waals surface area (Å²) in [6.07, 6.45) is 0. The van der Waals surface area contributed by atoms with Gasteiger partial charge in [-0.15, -0.1) is 0 Å². The van der Waals surface area contributed by atoms with E-state index in [9.17, 15) is 4.79 Å². The summed E-state index contributed by atoms with van der Waals surface area (Å²) in [4.78, 5) is 16.1. The van der Waals surface area contributed by atoms with Gasteiger partial charge >= 0.3 is 0 Å². The normalized spacial score (nSPS) is 15.0. The fraction of sp³-hybridized carbons (Fsp3) is 0.350. The van der Waals surface area contributed by atoms with Crippen LogP contribution in [-0.2, 0) is 6.54 Å². The zero-order valence-corrected chi connectivity index (χ0v) is 15.9. The average molecular weight is 376 g/mol. The Labute approximate surface area is 159 Å². The number of quaternary nitrogens is 1. The van der Waals surface area contributed by atoms with Crippen molar-refractivity contribution < 1.29 is 19.2 Å². The fourth-order valence-electron chi connectivity index (χ4n) is 3.29. The molecular formula is C20H24ClN2O3+. The molecule has 0 unspecified atom stereocenters. The van der Waals surface area contributed by atoms with E-state index >= 15 is 0 Å². The maximum Gasteiger partial charge on any atom is 0.254 e. The molecule has 3 rings (SSSR count). The SMILES string of the molecule is COc1ccc(C(=O)N2CC[NH+](Cc3cccc(Cl)c3)CC2)cc1OC. The van der Waals surface area contributed by atoms with Crippen molar-refractivity contribution in [1.82, 2.24) is 4.90 Å². The van der Waals surface area contributed by atoms with Crippen LogP contribution in [0.4, 0.5) is 0 Å². The number of nitrogens with zero attached hydrogens (tertiary/aromatic N) is 1. The van der Waals surface area contributed by atoms with Gasteiger partial charge in [0, 0.05) is 16.1 Å². The van der Waals surface area contributed by atoms with Gasteiger partial charge in [0.25, 0.3) is 5.91 Å². The lowest BCUT2D eigenvalue weighted by Gasteiger charge is -2.32. The lowest BCUT2D eigenvalue weighted by Crippen LogP contribution is -3.13. The summed E-state index contributed by atoms with van der Waals surface area (Å²) in [5, 5.41) is 0.768. The summed E-state index contributed by atoms with van der Waals surface area (Å²) in [7, 11) is 3.16. The third kappa shape index (κ3) is 4.29. The molecule has 5 nitrogen and oxygen atoms in total. The first-order valence-corrected chi connectivity index (χ1v) is 9.08. The van der Waals surface area contributed by atoms with Crippen molar-refractivity contribution in [1.29, 1.82) is 0 Å². The first-order valence-electron chi connectivity index (χ1n) is 8.70. The Morgan fingerprint density at radius 1 is 1.08 bits per heavy atom. The number of methoxy groups -OCH3 is 2. The summed E-state index contributed by atoms with van der Waals surface area (Å²) < 4.78 is 10.5. The van der Waals surface area contributed by atoms with Crippen molar-refractivity contribution in [2.24, 2.45) is 0 Å². The van der Waals surface area contributed by atoms with Gasteiger partial charge in [-0.05, 0) is 30.3 Å². The second kappa shape index (κ2) is 8.43. The van der Waals surface area contributed by atoms with E-state index in [0.29, 0.717) is 17.1 Å². The number of ether oxygens (including phenoxy) is 2. The number of carbonyl (C=O) groups is 1. The van der Waals surface area contributed by atoms with Crippen molar-refractivity contribution in [3.8, 4) is 11.5 Å². The Kier molecular flexibility index (Phi) is 6.01. The van der Waals surface area contributed by atoms with Crippen LogP contribution < -0.4 is 14.4 Å². The average Bonchev–Trinajstić information content (AvgIpc) is 2.67. The topological polar surface area (TPSA) is 43.2 Å². The van der Waals surface area contributed by atoms with Gasteiger partial charge in [0.1, 0.15) is 6.54 Å². The monoisotopic (exact) mass is 375 g/mol. The summed E-state index contributed by atoms with van der Waals surface area (Å²) in [6.45, 7) is 4.25. The Hall–Kier alpha value is -2.24. The van der Waals surface area contributed by atoms with Crippen LogP contribution in [0.5, 0.6) is 11.5 Å². The predicted octanol–water partition coefficient (Wildman–Crippen LogP) is 1.90. The number of nitrogens with one attached hydrogen (secondary N) is 1. The highest BCUT2D eigenvalue weighted by Gasteiger charge is 2.25. The van der Waals surface area contributed by atoms with Gasteiger partial charge in [-0.3, -0.25) is 4.79 Å². The Morgan fingerprint density at radius 3 is 2.46 bits per heavy atom. The zero-order chi connectivity index (χ0) is 18.5. The van der Waals surface area contributed by atoms with Gasteiger partial charge in [-0.2, -0.15) is 0 Å². The molecule has 1 heterocycles. The molecule has 1 N–H and O–H groups in total. The molecule has 26 heavy (non-hydrogen) atoms. The Balaban J connectivity index is 1.60. The molecule has 0 aliphatic carbocycles. The standard InChI is InChI=1S/C20H23ClN2O3/c1-25-18-7-6-16(13-19(18)26-2)20(24)23-10-8-22(9-11-23)14-15-4-3-5-17(21)12-15/h3-7,12-13H,8-11,14H2,1-2H3/p+1. The summed E-state index contributed by atoms with van der Waals surface area (Å²) in [5.41, 5.74) is 1.85. The summed E-state index contributed by atoms with van der Waals surface area (Å²) in [6, 6.07) is 13.3. The maximum atomic E-state index is 12.8. The zero-order valence-electron chi connectivity index (χ0n) is 15.1. The Morgan fingerprint density at radius 2 is 1.81 bits per heavy atom. The number of piperazine rings is 1. The molecule has 1 aliphatic heterocycles.